The van der Waals surface area contributed by atoms with Gasteiger partial charge in [0.25, 0.3) is 0 Å². The number of rotatable bonds is 5. The fourth-order valence-corrected chi connectivity index (χ4v) is 2.13. The molecule has 0 radical (unpaired) electrons. The van der Waals surface area contributed by atoms with Crippen molar-refractivity contribution in [3.8, 4) is 11.5 Å². The lowest BCUT2D eigenvalue weighted by Crippen LogP contribution is -1.99. The van der Waals surface area contributed by atoms with E-state index >= 15 is 0 Å². The third-order valence-corrected chi connectivity index (χ3v) is 3.42. The summed E-state index contributed by atoms with van der Waals surface area (Å²) in [7, 11) is 0. The quantitative estimate of drug-likeness (QED) is 0.824. The Morgan fingerprint density at radius 1 is 1.05 bits per heavy atom. The van der Waals surface area contributed by atoms with Gasteiger partial charge in [-0.2, -0.15) is 0 Å². The molecule has 0 aromatic heterocycles. The van der Waals surface area contributed by atoms with Crippen LogP contribution in [0, 0.1) is 0 Å². The Hall–Kier alpha value is -1.80. The Morgan fingerprint density at radius 3 is 2.50 bits per heavy atom. The van der Waals surface area contributed by atoms with E-state index in [1.807, 2.05) is 43.3 Å². The van der Waals surface area contributed by atoms with Crippen LogP contribution in [0.1, 0.15) is 50.3 Å². The summed E-state index contributed by atoms with van der Waals surface area (Å²) in [6.45, 7) is 6.28. The summed E-state index contributed by atoms with van der Waals surface area (Å²) in [5.41, 5.74) is 2.08. The van der Waals surface area contributed by atoms with E-state index in [4.69, 9.17) is 4.74 Å². The van der Waals surface area contributed by atoms with Gasteiger partial charge >= 0.3 is 0 Å². The average Bonchev–Trinajstić information content (AvgIpc) is 2.47. The van der Waals surface area contributed by atoms with Gasteiger partial charge in [0.2, 0.25) is 0 Å². The van der Waals surface area contributed by atoms with Crippen molar-refractivity contribution in [1.82, 2.24) is 0 Å². The van der Waals surface area contributed by atoms with Gasteiger partial charge in [-0.1, -0.05) is 51.1 Å². The topological polar surface area (TPSA) is 29.5 Å². The molecular weight excluding hydrogens is 248 g/mol. The first kappa shape index (κ1) is 14.6. The zero-order chi connectivity index (χ0) is 14.5. The van der Waals surface area contributed by atoms with Crippen LogP contribution in [-0.4, -0.2) is 5.11 Å². The smallest absolute Gasteiger partial charge is 0.133 e. The summed E-state index contributed by atoms with van der Waals surface area (Å²) in [5.74, 6) is 2.00. The molecule has 0 aliphatic carbocycles. The Balaban J connectivity index is 2.28. The van der Waals surface area contributed by atoms with Gasteiger partial charge in [-0.15, -0.1) is 0 Å². The minimum atomic E-state index is -0.487. The Labute approximate surface area is 121 Å². The maximum atomic E-state index is 10.1. The Kier molecular flexibility index (Phi) is 4.80. The predicted octanol–water partition coefficient (Wildman–Crippen LogP) is 5.05. The first-order chi connectivity index (χ1) is 9.61. The maximum absolute atomic E-state index is 10.1. The van der Waals surface area contributed by atoms with Crippen molar-refractivity contribution in [1.29, 1.82) is 0 Å². The summed E-state index contributed by atoms with van der Waals surface area (Å²) in [6.07, 6.45) is 0.186. The average molecular weight is 270 g/mol. The lowest BCUT2D eigenvalue weighted by molar-refractivity contribution is 0.170. The molecule has 2 nitrogen and oxygen atoms in total. The molecule has 0 aliphatic rings. The Morgan fingerprint density at radius 2 is 1.80 bits per heavy atom. The molecule has 0 fully saturated rings. The van der Waals surface area contributed by atoms with Gasteiger partial charge in [-0.25, -0.2) is 0 Å². The summed E-state index contributed by atoms with van der Waals surface area (Å²) < 4.78 is 5.96. The standard InChI is InChI=1S/C18H22O2/c1-4-17(19)16-10-5-6-11-18(16)20-15-9-7-8-14(12-15)13(2)3/h5-13,17,19H,4H2,1-3H3/t17-/m1/s1. The molecule has 0 amide bonds. The van der Waals surface area contributed by atoms with Crippen LogP contribution in [0.4, 0.5) is 0 Å². The zero-order valence-electron chi connectivity index (χ0n) is 12.3. The number of hydrogen-bond acceptors (Lipinski definition) is 2. The van der Waals surface area contributed by atoms with Crippen molar-refractivity contribution >= 4 is 0 Å². The molecule has 1 N–H and O–H groups in total. The van der Waals surface area contributed by atoms with Crippen LogP contribution in [0.5, 0.6) is 11.5 Å². The fraction of sp³-hybridized carbons (Fsp3) is 0.333. The van der Waals surface area contributed by atoms with Crippen LogP contribution in [0.25, 0.3) is 0 Å². The summed E-state index contributed by atoms with van der Waals surface area (Å²) in [6, 6.07) is 15.8. The molecule has 2 heteroatoms. The molecule has 0 bridgehead atoms. The van der Waals surface area contributed by atoms with Crippen LogP contribution >= 0.6 is 0 Å². The number of aliphatic hydroxyl groups is 1. The minimum absolute atomic E-state index is 0.468. The van der Waals surface area contributed by atoms with Crippen molar-refractivity contribution in [3.05, 3.63) is 59.7 Å². The van der Waals surface area contributed by atoms with Crippen LogP contribution in [0.2, 0.25) is 0 Å². The molecule has 0 heterocycles. The van der Waals surface area contributed by atoms with Gasteiger partial charge in [0.15, 0.2) is 0 Å². The summed E-state index contributed by atoms with van der Waals surface area (Å²) >= 11 is 0. The third kappa shape index (κ3) is 3.40. The molecule has 0 saturated carbocycles. The van der Waals surface area contributed by atoms with Crippen LogP contribution in [-0.2, 0) is 0 Å². The van der Waals surface area contributed by atoms with Gasteiger partial charge < -0.3 is 9.84 Å². The highest BCUT2D eigenvalue weighted by molar-refractivity contribution is 5.40. The van der Waals surface area contributed by atoms with Crippen molar-refractivity contribution in [2.75, 3.05) is 0 Å². The van der Waals surface area contributed by atoms with Crippen molar-refractivity contribution in [3.63, 3.8) is 0 Å². The van der Waals surface area contributed by atoms with E-state index in [2.05, 4.69) is 26.0 Å². The molecule has 0 aliphatic heterocycles. The van der Waals surface area contributed by atoms with Crippen molar-refractivity contribution in [2.45, 2.75) is 39.2 Å². The third-order valence-electron chi connectivity index (χ3n) is 3.42. The number of para-hydroxylation sites is 1. The molecule has 20 heavy (non-hydrogen) atoms. The van der Waals surface area contributed by atoms with Crippen LogP contribution < -0.4 is 4.74 Å². The first-order valence-electron chi connectivity index (χ1n) is 7.16. The van der Waals surface area contributed by atoms with E-state index in [1.165, 1.54) is 5.56 Å². The highest BCUT2D eigenvalue weighted by Gasteiger charge is 2.12. The number of benzene rings is 2. The van der Waals surface area contributed by atoms with E-state index in [0.29, 0.717) is 12.3 Å². The highest BCUT2D eigenvalue weighted by atomic mass is 16.5. The molecular formula is C18H22O2. The minimum Gasteiger partial charge on any atom is -0.457 e. The largest absolute Gasteiger partial charge is 0.457 e. The number of ether oxygens (including phenoxy) is 1. The van der Waals surface area contributed by atoms with E-state index < -0.39 is 6.10 Å². The molecule has 2 rings (SSSR count). The molecule has 1 atom stereocenters. The second kappa shape index (κ2) is 6.58. The molecule has 2 aromatic carbocycles. The first-order valence-corrected chi connectivity index (χ1v) is 7.16. The molecule has 0 saturated heterocycles. The lowest BCUT2D eigenvalue weighted by atomic mass is 10.0. The normalized spacial score (nSPS) is 12.4. The fourth-order valence-electron chi connectivity index (χ4n) is 2.13. The predicted molar refractivity (Wildman–Crippen MR) is 82.3 cm³/mol. The molecule has 2 aromatic rings. The van der Waals surface area contributed by atoms with E-state index in [-0.39, 0.29) is 0 Å². The molecule has 0 spiro atoms. The van der Waals surface area contributed by atoms with Gasteiger partial charge in [0.1, 0.15) is 11.5 Å². The summed E-state index contributed by atoms with van der Waals surface area (Å²) in [4.78, 5) is 0. The summed E-state index contributed by atoms with van der Waals surface area (Å²) in [5, 5.41) is 10.1. The second-order valence-electron chi connectivity index (χ2n) is 5.29. The van der Waals surface area contributed by atoms with E-state index in [1.54, 1.807) is 0 Å². The van der Waals surface area contributed by atoms with Gasteiger partial charge in [0, 0.05) is 5.56 Å². The second-order valence-corrected chi connectivity index (χ2v) is 5.29. The zero-order valence-corrected chi connectivity index (χ0v) is 12.3. The maximum Gasteiger partial charge on any atom is 0.133 e. The Bertz CT molecular complexity index is 561. The van der Waals surface area contributed by atoms with E-state index in [0.717, 1.165) is 17.1 Å². The van der Waals surface area contributed by atoms with Gasteiger partial charge in [-0.05, 0) is 36.1 Å². The van der Waals surface area contributed by atoms with Gasteiger partial charge in [-0.3, -0.25) is 0 Å². The van der Waals surface area contributed by atoms with Crippen molar-refractivity contribution < 1.29 is 9.84 Å². The number of hydrogen-bond donors (Lipinski definition) is 1. The SMILES string of the molecule is CC[C@@H](O)c1ccccc1Oc1cccc(C(C)C)c1. The highest BCUT2D eigenvalue weighted by Crippen LogP contribution is 2.31. The molecule has 0 unspecified atom stereocenters. The van der Waals surface area contributed by atoms with Crippen LogP contribution in [0.3, 0.4) is 0 Å². The van der Waals surface area contributed by atoms with Gasteiger partial charge in [0.05, 0.1) is 6.10 Å². The lowest BCUT2D eigenvalue weighted by Gasteiger charge is -2.15. The van der Waals surface area contributed by atoms with Crippen LogP contribution in [0.15, 0.2) is 48.5 Å². The monoisotopic (exact) mass is 270 g/mol. The number of aliphatic hydroxyl groups excluding tert-OH is 1. The molecule has 106 valence electrons. The van der Waals surface area contributed by atoms with E-state index in [9.17, 15) is 5.11 Å². The van der Waals surface area contributed by atoms with Crippen molar-refractivity contribution in [2.24, 2.45) is 0 Å².